The summed E-state index contributed by atoms with van der Waals surface area (Å²) in [5.74, 6) is -0.358. The second-order valence-electron chi connectivity index (χ2n) is 32.0. The molecule has 4 N–H and O–H groups in total. The van der Waals surface area contributed by atoms with Gasteiger partial charge in [-0.2, -0.15) is 0 Å². The van der Waals surface area contributed by atoms with Crippen LogP contribution < -0.4 is 28.7 Å². The first-order chi connectivity index (χ1) is 47.7. The van der Waals surface area contributed by atoms with Gasteiger partial charge in [-0.15, -0.1) is 0 Å². The van der Waals surface area contributed by atoms with E-state index in [9.17, 15) is 46.2 Å². The van der Waals surface area contributed by atoms with Gasteiger partial charge < -0.3 is 39.3 Å². The van der Waals surface area contributed by atoms with E-state index < -0.39 is 53.6 Å². The molecule has 4 bridgehead atoms. The van der Waals surface area contributed by atoms with Crippen molar-refractivity contribution in [1.82, 2.24) is 19.2 Å². The van der Waals surface area contributed by atoms with Gasteiger partial charge in [-0.1, -0.05) is 62.0 Å². The lowest BCUT2D eigenvalue weighted by Gasteiger charge is -2.50. The number of aryl methyl sites for hydroxylation is 2. The van der Waals surface area contributed by atoms with Crippen LogP contribution in [0, 0.1) is 35.5 Å². The first-order valence-corrected chi connectivity index (χ1v) is 41.3. The van der Waals surface area contributed by atoms with Crippen molar-refractivity contribution in [2.75, 3.05) is 75.4 Å². The van der Waals surface area contributed by atoms with Gasteiger partial charge in [0.05, 0.1) is 59.1 Å². The molecule has 18 nitrogen and oxygen atoms in total. The Labute approximate surface area is 602 Å². The largest absolute Gasteiger partial charge is 0.490 e. The van der Waals surface area contributed by atoms with Crippen molar-refractivity contribution in [2.45, 2.75) is 214 Å². The van der Waals surface area contributed by atoms with E-state index in [4.69, 9.17) is 32.7 Å². The molecule has 2 saturated carbocycles. The maximum atomic E-state index is 13.7. The molecule has 4 aromatic carbocycles. The minimum atomic E-state index is -3.99. The molecule has 4 aromatic rings. The summed E-state index contributed by atoms with van der Waals surface area (Å²) >= 11 is 12.9. The number of halogens is 2. The second kappa shape index (κ2) is 29.5. The standard InChI is InChI=1S/2C39H52ClN3O6S/c2*1-26-8-6-17-39(46,22-36(44)42-18-4-3-5-19-42)33-13-10-30(33)23-43-24-38(16-7-9-28-20-31(40)12-14-32(28)38)25-49-35-15-11-29(21-34(35)43)37(45)41-50(47,48)27(26)2/h2*11-12,14-15,20-21,26-27,30,33,46H,3-10,13,16-19,22-25H2,1-2H3,(H,41,45)/t26-,27+,30-,33+,38-,39+;26-,27+,30-,33+,38-,39-/m00/s1. The Balaban J connectivity index is 0.000000179. The highest BCUT2D eigenvalue weighted by molar-refractivity contribution is 7.91. The van der Waals surface area contributed by atoms with Gasteiger partial charge in [-0.25, -0.2) is 26.3 Å². The molecule has 4 amide bonds. The average Bonchev–Trinajstić information content (AvgIpc) is 1.30. The number of hydrogen-bond donors (Lipinski definition) is 4. The fourth-order valence-electron chi connectivity index (χ4n) is 19.0. The number of piperidine rings is 2. The number of anilines is 2. The van der Waals surface area contributed by atoms with Gasteiger partial charge in [0.1, 0.15) is 11.5 Å². The topological polar surface area (TPSA) is 232 Å². The number of carbonyl (C=O) groups is 4. The Bertz CT molecular complexity index is 3710. The van der Waals surface area contributed by atoms with Crippen molar-refractivity contribution in [2.24, 2.45) is 35.5 Å². The number of hydrogen-bond acceptors (Lipinski definition) is 14. The SMILES string of the molecule is C[C@@H]1[C@@H](C)CCC[C@@](O)(CC(=O)N2CCCCC2)[C@@H]2CC[C@H]2CN2C[C@@]3(CCCc4cc(Cl)ccc43)COc3ccc(cc32)C(=O)NS1(=O)=O.C[C@@H]1[C@@H](C)CCC[C@](O)(CC(=O)N2CCCCC2)[C@@H]2CC[C@H]2CN2C[C@@]3(CCCc4cc(Cl)ccc43)COc3ccc(cc32)C(=O)NS1(=O)=O. The van der Waals surface area contributed by atoms with Crippen LogP contribution in [0.2, 0.25) is 10.0 Å². The summed E-state index contributed by atoms with van der Waals surface area (Å²) in [6, 6.07) is 22.7. The number of nitrogens with one attached hydrogen (secondary N) is 2. The smallest absolute Gasteiger partial charge is 0.264 e. The Hall–Kier alpha value is -5.64. The highest BCUT2D eigenvalue weighted by Crippen LogP contribution is 2.53. The normalized spacial score (nSPS) is 32.8. The summed E-state index contributed by atoms with van der Waals surface area (Å²) in [5, 5.41) is 25.0. The summed E-state index contributed by atoms with van der Waals surface area (Å²) in [6.07, 6.45) is 18.8. The molecule has 4 fully saturated rings. The van der Waals surface area contributed by atoms with Crippen LogP contribution in [-0.2, 0) is 53.3 Å². The van der Waals surface area contributed by atoms with E-state index in [1.54, 1.807) is 50.2 Å². The van der Waals surface area contributed by atoms with Gasteiger partial charge in [-0.05, 0) is 261 Å². The zero-order chi connectivity index (χ0) is 70.5. The molecule has 0 unspecified atom stereocenters. The number of likely N-dealkylation sites (tertiary alicyclic amines) is 2. The summed E-state index contributed by atoms with van der Waals surface area (Å²) in [4.78, 5) is 63.1. The van der Waals surface area contributed by atoms with Crippen molar-refractivity contribution in [3.05, 3.63) is 116 Å². The molecular formula is C78H104Cl2N6O12S2. The van der Waals surface area contributed by atoms with Gasteiger partial charge >= 0.3 is 0 Å². The molecule has 0 radical (unpaired) electrons. The maximum absolute atomic E-state index is 13.7. The van der Waals surface area contributed by atoms with Crippen LogP contribution >= 0.6 is 23.2 Å². The predicted molar refractivity (Wildman–Crippen MR) is 391 cm³/mol. The zero-order valence-corrected chi connectivity index (χ0v) is 62.1. The van der Waals surface area contributed by atoms with Crippen LogP contribution in [0.3, 0.4) is 0 Å². The molecule has 6 aliphatic heterocycles. The molecular weight excluding hydrogens is 1350 g/mol. The molecule has 2 saturated heterocycles. The maximum Gasteiger partial charge on any atom is 0.264 e. The van der Waals surface area contributed by atoms with E-state index in [0.29, 0.717) is 99.5 Å². The molecule has 100 heavy (non-hydrogen) atoms. The number of sulfonamides is 2. The molecule has 0 aromatic heterocycles. The number of rotatable bonds is 4. The van der Waals surface area contributed by atoms with E-state index in [-0.39, 0.29) is 82.1 Å². The highest BCUT2D eigenvalue weighted by Gasteiger charge is 2.53. The lowest BCUT2D eigenvalue weighted by molar-refractivity contribution is -0.148. The molecule has 14 rings (SSSR count). The third kappa shape index (κ3) is 15.0. The third-order valence-electron chi connectivity index (χ3n) is 25.6. The van der Waals surface area contributed by atoms with E-state index in [1.807, 2.05) is 35.8 Å². The van der Waals surface area contributed by atoms with E-state index in [2.05, 4.69) is 43.5 Å². The van der Waals surface area contributed by atoms with E-state index in [0.717, 1.165) is 140 Å². The Morgan fingerprint density at radius 3 is 1.29 bits per heavy atom. The number of carbonyl (C=O) groups excluding carboxylic acids is 4. The first kappa shape index (κ1) is 72.7. The highest BCUT2D eigenvalue weighted by atomic mass is 35.5. The van der Waals surface area contributed by atoms with Crippen molar-refractivity contribution in [1.29, 1.82) is 0 Å². The van der Waals surface area contributed by atoms with Crippen molar-refractivity contribution in [3.8, 4) is 11.5 Å². The van der Waals surface area contributed by atoms with Gasteiger partial charge in [0.2, 0.25) is 31.9 Å². The molecule has 10 aliphatic rings. The number of nitrogens with zero attached hydrogens (tertiary/aromatic N) is 4. The van der Waals surface area contributed by atoms with Crippen LogP contribution in [0.25, 0.3) is 0 Å². The fraction of sp³-hybridized carbons (Fsp3) is 0.641. The molecule has 2 spiro atoms. The third-order valence-corrected chi connectivity index (χ3v) is 29.9. The minimum absolute atomic E-state index is 0.0218. The Morgan fingerprint density at radius 2 is 0.910 bits per heavy atom. The van der Waals surface area contributed by atoms with Crippen LogP contribution in [0.4, 0.5) is 11.4 Å². The Morgan fingerprint density at radius 1 is 0.510 bits per heavy atom. The quantitative estimate of drug-likeness (QED) is 0.149. The lowest BCUT2D eigenvalue weighted by atomic mass is 9.61. The number of fused-ring (bicyclic) bond motifs is 8. The summed E-state index contributed by atoms with van der Waals surface area (Å²) in [5.41, 5.74) is 3.91. The van der Waals surface area contributed by atoms with Crippen molar-refractivity contribution < 1.29 is 55.7 Å². The second-order valence-corrected chi connectivity index (χ2v) is 37.0. The van der Waals surface area contributed by atoms with Crippen LogP contribution in [0.1, 0.15) is 212 Å². The number of aliphatic hydroxyl groups is 2. The minimum Gasteiger partial charge on any atom is -0.490 e. The predicted octanol–water partition coefficient (Wildman–Crippen LogP) is 12.5. The van der Waals surface area contributed by atoms with Crippen LogP contribution in [0.15, 0.2) is 72.8 Å². The van der Waals surface area contributed by atoms with Gasteiger partial charge in [-0.3, -0.25) is 19.2 Å². The molecule has 544 valence electrons. The zero-order valence-electron chi connectivity index (χ0n) is 58.9. The molecule has 22 heteroatoms. The van der Waals surface area contributed by atoms with E-state index in [1.165, 1.54) is 22.3 Å². The van der Waals surface area contributed by atoms with Gasteiger partial charge in [0, 0.05) is 84.4 Å². The monoisotopic (exact) mass is 1450 g/mol. The average molecular weight is 1450 g/mol. The first-order valence-electron chi connectivity index (χ1n) is 37.5. The summed E-state index contributed by atoms with van der Waals surface area (Å²) < 4.78 is 71.9. The number of amides is 4. The molecule has 6 heterocycles. The molecule has 4 aliphatic carbocycles. The van der Waals surface area contributed by atoms with Crippen molar-refractivity contribution in [3.63, 3.8) is 0 Å². The van der Waals surface area contributed by atoms with Gasteiger partial charge in [0.25, 0.3) is 11.8 Å². The number of ether oxygens (including phenoxy) is 2. The van der Waals surface area contributed by atoms with Crippen molar-refractivity contribution >= 4 is 78.3 Å². The summed E-state index contributed by atoms with van der Waals surface area (Å²) in [6.45, 7) is 13.5. The Kier molecular flexibility index (Phi) is 21.4. The van der Waals surface area contributed by atoms with E-state index >= 15 is 0 Å². The van der Waals surface area contributed by atoms with Crippen LogP contribution in [0.5, 0.6) is 11.5 Å². The lowest BCUT2D eigenvalue weighted by Crippen LogP contribution is -2.54. The number of benzene rings is 4. The summed E-state index contributed by atoms with van der Waals surface area (Å²) in [7, 11) is -7.97. The molecule has 12 atom stereocenters. The van der Waals surface area contributed by atoms with Crippen LogP contribution in [-0.4, -0.2) is 148 Å². The van der Waals surface area contributed by atoms with Gasteiger partial charge in [0.15, 0.2) is 0 Å². The fourth-order valence-corrected chi connectivity index (χ4v) is 22.0.